The number of benzene rings is 2. The molecule has 0 spiro atoms. The number of piperazine rings is 1. The molecule has 0 radical (unpaired) electrons. The van der Waals surface area contributed by atoms with Crippen LogP contribution in [0.4, 0.5) is 16.5 Å². The van der Waals surface area contributed by atoms with Crippen LogP contribution in [0.15, 0.2) is 36.4 Å². The molecule has 1 amide bonds. The zero-order chi connectivity index (χ0) is 23.0. The van der Waals surface area contributed by atoms with Crippen molar-refractivity contribution in [1.82, 2.24) is 9.88 Å². The summed E-state index contributed by atoms with van der Waals surface area (Å²) in [5.41, 5.74) is 1.20. The first-order chi connectivity index (χ1) is 15.2. The molecular formula is C21H21N5O5S. The van der Waals surface area contributed by atoms with Crippen LogP contribution in [0.1, 0.15) is 35.7 Å². The Morgan fingerprint density at radius 2 is 1.66 bits per heavy atom. The van der Waals surface area contributed by atoms with Gasteiger partial charge in [0.15, 0.2) is 5.13 Å². The minimum absolute atomic E-state index is 0.0547. The first-order valence-corrected chi connectivity index (χ1v) is 10.9. The van der Waals surface area contributed by atoms with Gasteiger partial charge < -0.3 is 9.80 Å². The van der Waals surface area contributed by atoms with Crippen molar-refractivity contribution in [2.75, 3.05) is 31.1 Å². The number of hydrogen-bond acceptors (Lipinski definition) is 8. The molecule has 2 aromatic carbocycles. The number of hydrogen-bond donors (Lipinski definition) is 0. The van der Waals surface area contributed by atoms with Crippen LogP contribution in [-0.2, 0) is 0 Å². The van der Waals surface area contributed by atoms with Gasteiger partial charge in [-0.15, -0.1) is 0 Å². The first kappa shape index (κ1) is 21.6. The highest BCUT2D eigenvalue weighted by atomic mass is 32.1. The summed E-state index contributed by atoms with van der Waals surface area (Å²) in [6, 6.07) is 9.20. The Kier molecular flexibility index (Phi) is 5.74. The number of carbonyl (C=O) groups is 1. The number of aromatic nitrogens is 1. The van der Waals surface area contributed by atoms with E-state index < -0.39 is 27.1 Å². The molecule has 0 aliphatic carbocycles. The van der Waals surface area contributed by atoms with Crippen LogP contribution in [0, 0.1) is 20.2 Å². The van der Waals surface area contributed by atoms with Crippen molar-refractivity contribution >= 4 is 44.0 Å². The third-order valence-corrected chi connectivity index (χ3v) is 6.55. The maximum absolute atomic E-state index is 12.9. The molecule has 4 rings (SSSR count). The molecule has 11 heteroatoms. The maximum Gasteiger partial charge on any atom is 0.277 e. The number of carbonyl (C=O) groups excluding carboxylic acids is 1. The lowest BCUT2D eigenvalue weighted by atomic mass is 10.0. The van der Waals surface area contributed by atoms with Crippen molar-refractivity contribution < 1.29 is 14.6 Å². The van der Waals surface area contributed by atoms with E-state index in [2.05, 4.69) is 30.9 Å². The van der Waals surface area contributed by atoms with Crippen LogP contribution in [0.5, 0.6) is 0 Å². The Hall–Kier alpha value is -3.60. The van der Waals surface area contributed by atoms with E-state index in [1.54, 1.807) is 16.2 Å². The van der Waals surface area contributed by atoms with Crippen molar-refractivity contribution in [3.05, 3.63) is 67.8 Å². The van der Waals surface area contributed by atoms with E-state index in [-0.39, 0.29) is 5.56 Å². The van der Waals surface area contributed by atoms with Crippen molar-refractivity contribution in [1.29, 1.82) is 0 Å². The number of nitro groups is 2. The molecule has 1 aromatic heterocycles. The summed E-state index contributed by atoms with van der Waals surface area (Å²) in [7, 11) is 0. The molecule has 3 aromatic rings. The minimum Gasteiger partial charge on any atom is -0.345 e. The Morgan fingerprint density at radius 3 is 2.22 bits per heavy atom. The number of para-hydroxylation sites is 1. The Bertz CT molecular complexity index is 1180. The van der Waals surface area contributed by atoms with E-state index in [0.29, 0.717) is 32.1 Å². The van der Waals surface area contributed by atoms with E-state index in [4.69, 9.17) is 4.98 Å². The summed E-state index contributed by atoms with van der Waals surface area (Å²) in [5.74, 6) is -0.0926. The van der Waals surface area contributed by atoms with Crippen molar-refractivity contribution in [3.63, 3.8) is 0 Å². The Labute approximate surface area is 187 Å². The lowest BCUT2D eigenvalue weighted by Crippen LogP contribution is -2.48. The second-order valence-electron chi connectivity index (χ2n) is 7.88. The maximum atomic E-state index is 12.9. The van der Waals surface area contributed by atoms with Crippen molar-refractivity contribution in [2.45, 2.75) is 19.8 Å². The van der Waals surface area contributed by atoms with Gasteiger partial charge in [-0.2, -0.15) is 0 Å². The molecule has 2 heterocycles. The van der Waals surface area contributed by atoms with Crippen molar-refractivity contribution in [3.8, 4) is 0 Å². The third kappa shape index (κ3) is 4.11. The number of anilines is 1. The van der Waals surface area contributed by atoms with Gasteiger partial charge in [-0.05, 0) is 17.5 Å². The molecular weight excluding hydrogens is 434 g/mol. The van der Waals surface area contributed by atoms with Crippen LogP contribution < -0.4 is 4.90 Å². The molecule has 10 nitrogen and oxygen atoms in total. The van der Waals surface area contributed by atoms with Gasteiger partial charge in [0.1, 0.15) is 0 Å². The summed E-state index contributed by atoms with van der Waals surface area (Å²) < 4.78 is 1.12. The summed E-state index contributed by atoms with van der Waals surface area (Å²) in [6.45, 7) is 6.16. The number of non-ortho nitro benzene ring substituents is 2. The average Bonchev–Trinajstić information content (AvgIpc) is 3.22. The van der Waals surface area contributed by atoms with E-state index in [1.165, 1.54) is 5.56 Å². The highest BCUT2D eigenvalue weighted by Gasteiger charge is 2.27. The molecule has 0 atom stereocenters. The summed E-state index contributed by atoms with van der Waals surface area (Å²) in [5, 5.41) is 23.1. The molecule has 166 valence electrons. The lowest BCUT2D eigenvalue weighted by Gasteiger charge is -2.34. The molecule has 1 saturated heterocycles. The Balaban J connectivity index is 1.51. The normalized spacial score (nSPS) is 14.2. The fourth-order valence-electron chi connectivity index (χ4n) is 3.77. The van der Waals surface area contributed by atoms with Gasteiger partial charge in [-0.1, -0.05) is 37.3 Å². The van der Waals surface area contributed by atoms with Crippen LogP contribution in [0.25, 0.3) is 10.2 Å². The fourth-order valence-corrected chi connectivity index (χ4v) is 4.82. The number of fused-ring (bicyclic) bond motifs is 1. The van der Waals surface area contributed by atoms with Gasteiger partial charge in [0.05, 0.1) is 31.7 Å². The number of amides is 1. The average molecular weight is 455 g/mol. The first-order valence-electron chi connectivity index (χ1n) is 10.1. The van der Waals surface area contributed by atoms with Crippen LogP contribution in [0.2, 0.25) is 0 Å². The molecule has 1 fully saturated rings. The Morgan fingerprint density at radius 1 is 1.03 bits per heavy atom. The van der Waals surface area contributed by atoms with Crippen LogP contribution in [-0.4, -0.2) is 51.8 Å². The third-order valence-electron chi connectivity index (χ3n) is 5.47. The quantitative estimate of drug-likeness (QED) is 0.417. The smallest absolute Gasteiger partial charge is 0.277 e. The minimum atomic E-state index is -0.736. The molecule has 0 unspecified atom stereocenters. The van der Waals surface area contributed by atoms with Crippen molar-refractivity contribution in [2.24, 2.45) is 0 Å². The van der Waals surface area contributed by atoms with E-state index in [9.17, 15) is 25.0 Å². The number of nitro benzene ring substituents is 2. The van der Waals surface area contributed by atoms with Gasteiger partial charge in [0.25, 0.3) is 17.3 Å². The van der Waals surface area contributed by atoms with Gasteiger partial charge >= 0.3 is 0 Å². The second-order valence-corrected chi connectivity index (χ2v) is 8.89. The monoisotopic (exact) mass is 455 g/mol. The summed E-state index contributed by atoms with van der Waals surface area (Å²) in [6.07, 6.45) is 0. The summed E-state index contributed by atoms with van der Waals surface area (Å²) >= 11 is 1.61. The summed E-state index contributed by atoms with van der Waals surface area (Å²) in [4.78, 5) is 42.2. The largest absolute Gasteiger partial charge is 0.345 e. The molecule has 0 bridgehead atoms. The predicted molar refractivity (Wildman–Crippen MR) is 122 cm³/mol. The number of rotatable bonds is 5. The SMILES string of the molecule is CC(C)c1cccc2sc(N3CCN(C(=O)c4cc([N+](=O)[O-])cc([N+](=O)[O-])c4)CC3)nc12. The van der Waals surface area contributed by atoms with Crippen LogP contribution in [0.3, 0.4) is 0 Å². The molecule has 1 aliphatic rings. The zero-order valence-electron chi connectivity index (χ0n) is 17.6. The fraction of sp³-hybridized carbons (Fsp3) is 0.333. The van der Waals surface area contributed by atoms with E-state index >= 15 is 0 Å². The topological polar surface area (TPSA) is 123 Å². The molecule has 0 saturated carbocycles. The van der Waals surface area contributed by atoms with E-state index in [1.807, 2.05) is 6.07 Å². The molecule has 0 N–H and O–H groups in total. The van der Waals surface area contributed by atoms with E-state index in [0.717, 1.165) is 33.5 Å². The molecule has 1 aliphatic heterocycles. The zero-order valence-corrected chi connectivity index (χ0v) is 18.4. The number of thiazole rings is 1. The number of nitrogens with zero attached hydrogens (tertiary/aromatic N) is 5. The second kappa shape index (κ2) is 8.50. The van der Waals surface area contributed by atoms with Crippen LogP contribution >= 0.6 is 11.3 Å². The lowest BCUT2D eigenvalue weighted by molar-refractivity contribution is -0.394. The predicted octanol–water partition coefficient (Wildman–Crippen LogP) is 4.20. The highest BCUT2D eigenvalue weighted by molar-refractivity contribution is 7.22. The highest BCUT2D eigenvalue weighted by Crippen LogP contribution is 2.34. The van der Waals surface area contributed by atoms with Gasteiger partial charge in [-0.25, -0.2) is 4.98 Å². The molecule has 32 heavy (non-hydrogen) atoms. The van der Waals surface area contributed by atoms with Gasteiger partial charge in [0.2, 0.25) is 0 Å². The van der Waals surface area contributed by atoms with Gasteiger partial charge in [0, 0.05) is 38.3 Å². The van der Waals surface area contributed by atoms with Gasteiger partial charge in [-0.3, -0.25) is 25.0 Å². The standard InChI is InChI=1S/C21H21N5O5S/c1-13(2)17-4-3-5-18-19(17)22-21(32-18)24-8-6-23(7-9-24)20(27)14-10-15(25(28)29)12-16(11-14)26(30)31/h3-5,10-13H,6-9H2,1-2H3.